The molecule has 2 aliphatic heterocycles. The van der Waals surface area contributed by atoms with Crippen molar-refractivity contribution in [2.45, 2.75) is 12.8 Å². The molecule has 1 aromatic rings. The first kappa shape index (κ1) is 17.4. The minimum absolute atomic E-state index is 0.0605. The maximum atomic E-state index is 12.7. The second-order valence-corrected chi connectivity index (χ2v) is 6.88. The molecule has 0 unspecified atom stereocenters. The van der Waals surface area contributed by atoms with Crippen molar-refractivity contribution in [2.24, 2.45) is 5.92 Å². The van der Waals surface area contributed by atoms with Crippen LogP contribution in [0.5, 0.6) is 0 Å². The molecule has 2 fully saturated rings. The first-order valence-electron chi connectivity index (χ1n) is 8.51. The molecule has 5 nitrogen and oxygen atoms in total. The van der Waals surface area contributed by atoms with Crippen LogP contribution in [0.25, 0.3) is 0 Å². The maximum Gasteiger partial charge on any atom is 0.236 e. The topological polar surface area (TPSA) is 49.9 Å². The Morgan fingerprint density at radius 1 is 1.21 bits per heavy atom. The second-order valence-electron chi connectivity index (χ2n) is 6.44. The molecule has 0 bridgehead atoms. The van der Waals surface area contributed by atoms with E-state index >= 15 is 0 Å². The molecule has 2 aliphatic rings. The smallest absolute Gasteiger partial charge is 0.236 e. The van der Waals surface area contributed by atoms with E-state index in [0.29, 0.717) is 50.0 Å². The van der Waals surface area contributed by atoms with Crippen LogP contribution in [-0.4, -0.2) is 67.4 Å². The summed E-state index contributed by atoms with van der Waals surface area (Å²) in [7, 11) is 0. The highest BCUT2D eigenvalue weighted by atomic mass is 35.5. The van der Waals surface area contributed by atoms with Gasteiger partial charge < -0.3 is 9.64 Å². The minimum Gasteiger partial charge on any atom is -0.378 e. The van der Waals surface area contributed by atoms with Crippen LogP contribution in [-0.2, 0) is 9.53 Å². The zero-order chi connectivity index (χ0) is 16.9. The monoisotopic (exact) mass is 350 g/mol. The van der Waals surface area contributed by atoms with Crippen molar-refractivity contribution in [1.29, 1.82) is 0 Å². The number of rotatable bonds is 4. The van der Waals surface area contributed by atoms with Crippen molar-refractivity contribution in [2.75, 3.05) is 45.9 Å². The van der Waals surface area contributed by atoms with Crippen molar-refractivity contribution < 1.29 is 14.3 Å². The fourth-order valence-electron chi connectivity index (χ4n) is 3.39. The molecular formula is C18H23ClN2O3. The van der Waals surface area contributed by atoms with Crippen LogP contribution in [0, 0.1) is 5.92 Å². The Hall–Kier alpha value is -1.43. The summed E-state index contributed by atoms with van der Waals surface area (Å²) >= 11 is 5.99. The van der Waals surface area contributed by atoms with Crippen molar-refractivity contribution in [3.63, 3.8) is 0 Å². The highest BCUT2D eigenvalue weighted by molar-refractivity contribution is 6.31. The summed E-state index contributed by atoms with van der Waals surface area (Å²) in [6.07, 6.45) is 1.81. The quantitative estimate of drug-likeness (QED) is 0.780. The molecular weight excluding hydrogens is 328 g/mol. The highest BCUT2D eigenvalue weighted by Gasteiger charge is 2.28. The summed E-state index contributed by atoms with van der Waals surface area (Å²) < 4.78 is 5.28. The lowest BCUT2D eigenvalue weighted by Crippen LogP contribution is -2.48. The molecule has 0 aliphatic carbocycles. The Bertz CT molecular complexity index is 602. The van der Waals surface area contributed by atoms with Crippen LogP contribution in [0.15, 0.2) is 24.3 Å². The molecule has 0 saturated carbocycles. The lowest BCUT2D eigenvalue weighted by Gasteiger charge is -2.34. The molecule has 0 radical (unpaired) electrons. The van der Waals surface area contributed by atoms with Gasteiger partial charge in [0.2, 0.25) is 5.91 Å². The molecule has 3 rings (SSSR count). The van der Waals surface area contributed by atoms with Gasteiger partial charge in [-0.3, -0.25) is 14.5 Å². The number of Topliss-reactive ketones (excluding diaryl/α,β-unsaturated/α-hetero) is 1. The van der Waals surface area contributed by atoms with Gasteiger partial charge in [0.05, 0.1) is 19.8 Å². The van der Waals surface area contributed by atoms with Gasteiger partial charge >= 0.3 is 0 Å². The SMILES string of the molecule is O=C(c1cccc(Cl)c1)[C@@H]1CCCN(CC(=O)N2CCOCC2)C1. The van der Waals surface area contributed by atoms with E-state index in [4.69, 9.17) is 16.3 Å². The molecule has 2 saturated heterocycles. The summed E-state index contributed by atoms with van der Waals surface area (Å²) in [5, 5.41) is 0.580. The molecule has 0 spiro atoms. The van der Waals surface area contributed by atoms with Crippen LogP contribution in [0.2, 0.25) is 5.02 Å². The number of benzene rings is 1. The first-order valence-corrected chi connectivity index (χ1v) is 8.89. The van der Waals surface area contributed by atoms with Gasteiger partial charge in [0.25, 0.3) is 0 Å². The van der Waals surface area contributed by atoms with E-state index in [1.807, 2.05) is 11.0 Å². The number of ketones is 1. The fourth-order valence-corrected chi connectivity index (χ4v) is 3.58. The number of piperidine rings is 1. The molecule has 0 aromatic heterocycles. The number of halogens is 1. The van der Waals surface area contributed by atoms with E-state index in [0.717, 1.165) is 19.4 Å². The van der Waals surface area contributed by atoms with Gasteiger partial charge in [-0.15, -0.1) is 0 Å². The summed E-state index contributed by atoms with van der Waals surface area (Å²) in [6, 6.07) is 7.11. The minimum atomic E-state index is -0.0605. The molecule has 24 heavy (non-hydrogen) atoms. The van der Waals surface area contributed by atoms with E-state index in [1.165, 1.54) is 0 Å². The normalized spacial score (nSPS) is 22.4. The Kier molecular flexibility index (Phi) is 5.87. The number of amides is 1. The summed E-state index contributed by atoms with van der Waals surface area (Å²) in [4.78, 5) is 29.0. The predicted octanol–water partition coefficient (Wildman–Crippen LogP) is 2.09. The molecule has 1 atom stereocenters. The third-order valence-electron chi connectivity index (χ3n) is 4.71. The van der Waals surface area contributed by atoms with Crippen molar-refractivity contribution in [1.82, 2.24) is 9.80 Å². The third-order valence-corrected chi connectivity index (χ3v) is 4.94. The van der Waals surface area contributed by atoms with Crippen LogP contribution in [0.1, 0.15) is 23.2 Å². The van der Waals surface area contributed by atoms with Gasteiger partial charge in [0.15, 0.2) is 5.78 Å². The number of carbonyl (C=O) groups excluding carboxylic acids is 2. The molecule has 0 N–H and O–H groups in total. The van der Waals surface area contributed by atoms with E-state index in [2.05, 4.69) is 4.90 Å². The Labute approximate surface area is 147 Å². The van der Waals surface area contributed by atoms with E-state index in [-0.39, 0.29) is 17.6 Å². The van der Waals surface area contributed by atoms with Gasteiger partial charge in [0.1, 0.15) is 0 Å². The average Bonchev–Trinajstić information content (AvgIpc) is 2.62. The van der Waals surface area contributed by atoms with E-state index in [1.54, 1.807) is 18.2 Å². The van der Waals surface area contributed by atoms with Crippen LogP contribution in [0.3, 0.4) is 0 Å². The summed E-state index contributed by atoms with van der Waals surface area (Å²) in [5.74, 6) is 0.199. The Morgan fingerprint density at radius 2 is 2.00 bits per heavy atom. The number of hydrogen-bond acceptors (Lipinski definition) is 4. The van der Waals surface area contributed by atoms with Gasteiger partial charge in [-0.1, -0.05) is 23.7 Å². The highest BCUT2D eigenvalue weighted by Crippen LogP contribution is 2.22. The van der Waals surface area contributed by atoms with Gasteiger partial charge in [-0.05, 0) is 31.5 Å². The molecule has 1 amide bonds. The standard InChI is InChI=1S/C18H23ClN2O3/c19-16-5-1-3-14(11-16)18(23)15-4-2-6-20(12-15)13-17(22)21-7-9-24-10-8-21/h1,3,5,11,15H,2,4,6-10,12-13H2/t15-/m1/s1. The Balaban J connectivity index is 1.57. The molecule has 130 valence electrons. The summed E-state index contributed by atoms with van der Waals surface area (Å²) in [5.41, 5.74) is 0.661. The first-order chi connectivity index (χ1) is 11.6. The third kappa shape index (κ3) is 4.35. The number of morpholine rings is 1. The van der Waals surface area contributed by atoms with Gasteiger partial charge in [-0.2, -0.15) is 0 Å². The number of hydrogen-bond donors (Lipinski definition) is 0. The van der Waals surface area contributed by atoms with E-state index in [9.17, 15) is 9.59 Å². The largest absolute Gasteiger partial charge is 0.378 e. The van der Waals surface area contributed by atoms with Crippen LogP contribution >= 0.6 is 11.6 Å². The number of ether oxygens (including phenoxy) is 1. The second kappa shape index (κ2) is 8.10. The van der Waals surface area contributed by atoms with Crippen LogP contribution in [0.4, 0.5) is 0 Å². The summed E-state index contributed by atoms with van der Waals surface area (Å²) in [6.45, 7) is 4.45. The lowest BCUT2D eigenvalue weighted by atomic mass is 9.90. The number of carbonyl (C=O) groups is 2. The fraction of sp³-hybridized carbons (Fsp3) is 0.556. The van der Waals surface area contributed by atoms with Gasteiger partial charge in [0, 0.05) is 36.1 Å². The zero-order valence-corrected chi connectivity index (χ0v) is 14.5. The lowest BCUT2D eigenvalue weighted by molar-refractivity contribution is -0.136. The Morgan fingerprint density at radius 3 is 2.75 bits per heavy atom. The van der Waals surface area contributed by atoms with E-state index < -0.39 is 0 Å². The number of nitrogens with zero attached hydrogens (tertiary/aromatic N) is 2. The maximum absolute atomic E-state index is 12.7. The van der Waals surface area contributed by atoms with Gasteiger partial charge in [-0.25, -0.2) is 0 Å². The molecule has 6 heteroatoms. The number of likely N-dealkylation sites (tertiary alicyclic amines) is 1. The van der Waals surface area contributed by atoms with Crippen molar-refractivity contribution in [3.8, 4) is 0 Å². The molecule has 2 heterocycles. The van der Waals surface area contributed by atoms with Crippen LogP contribution < -0.4 is 0 Å². The molecule has 1 aromatic carbocycles. The average molecular weight is 351 g/mol. The predicted molar refractivity (Wildman–Crippen MR) is 92.3 cm³/mol. The zero-order valence-electron chi connectivity index (χ0n) is 13.7. The van der Waals surface area contributed by atoms with Crippen molar-refractivity contribution in [3.05, 3.63) is 34.9 Å². The van der Waals surface area contributed by atoms with Crippen molar-refractivity contribution >= 4 is 23.3 Å².